The molecule has 1 saturated heterocycles. The standard InChI is InChI=1S/C13H21N5O/c1-10(18-5-3-4-6-18)7-17-13(19)11-8-16-12(14-2)9-15-11/h8-10H,3-7H2,1-2H3,(H,14,16)(H,17,19). The van der Waals surface area contributed by atoms with E-state index in [1.54, 1.807) is 13.2 Å². The van der Waals surface area contributed by atoms with Crippen molar-refractivity contribution in [3.05, 3.63) is 18.1 Å². The zero-order valence-corrected chi connectivity index (χ0v) is 11.5. The molecule has 0 radical (unpaired) electrons. The van der Waals surface area contributed by atoms with Crippen LogP contribution in [0.2, 0.25) is 0 Å². The number of nitrogens with zero attached hydrogens (tertiary/aromatic N) is 3. The quantitative estimate of drug-likeness (QED) is 0.819. The topological polar surface area (TPSA) is 70.2 Å². The molecule has 1 atom stereocenters. The molecule has 1 amide bonds. The van der Waals surface area contributed by atoms with Crippen LogP contribution in [0.5, 0.6) is 0 Å². The summed E-state index contributed by atoms with van der Waals surface area (Å²) in [6.07, 6.45) is 5.56. The lowest BCUT2D eigenvalue weighted by molar-refractivity contribution is 0.0935. The van der Waals surface area contributed by atoms with Crippen molar-refractivity contribution in [1.29, 1.82) is 0 Å². The summed E-state index contributed by atoms with van der Waals surface area (Å²) in [5, 5.41) is 5.78. The molecule has 0 spiro atoms. The molecular weight excluding hydrogens is 242 g/mol. The van der Waals surface area contributed by atoms with Gasteiger partial charge in [-0.15, -0.1) is 0 Å². The third-order valence-electron chi connectivity index (χ3n) is 3.46. The second-order valence-corrected chi connectivity index (χ2v) is 4.84. The number of anilines is 1. The van der Waals surface area contributed by atoms with E-state index in [1.807, 2.05) is 0 Å². The van der Waals surface area contributed by atoms with Gasteiger partial charge in [-0.3, -0.25) is 9.69 Å². The van der Waals surface area contributed by atoms with E-state index in [0.29, 0.717) is 24.1 Å². The first-order chi connectivity index (χ1) is 9.20. The summed E-state index contributed by atoms with van der Waals surface area (Å²) < 4.78 is 0. The lowest BCUT2D eigenvalue weighted by atomic mass is 10.3. The van der Waals surface area contributed by atoms with Crippen LogP contribution >= 0.6 is 0 Å². The molecule has 2 rings (SSSR count). The van der Waals surface area contributed by atoms with Crippen molar-refractivity contribution in [3.8, 4) is 0 Å². The van der Waals surface area contributed by atoms with Gasteiger partial charge in [-0.2, -0.15) is 0 Å². The number of amides is 1. The van der Waals surface area contributed by atoms with Gasteiger partial charge in [0.15, 0.2) is 0 Å². The minimum atomic E-state index is -0.166. The molecule has 19 heavy (non-hydrogen) atoms. The summed E-state index contributed by atoms with van der Waals surface area (Å²) in [5.41, 5.74) is 0.354. The highest BCUT2D eigenvalue weighted by atomic mass is 16.1. The maximum Gasteiger partial charge on any atom is 0.271 e. The van der Waals surface area contributed by atoms with Crippen molar-refractivity contribution in [2.75, 3.05) is 32.0 Å². The predicted molar refractivity (Wildman–Crippen MR) is 74.2 cm³/mol. The molecule has 0 bridgehead atoms. The Morgan fingerprint density at radius 3 is 2.68 bits per heavy atom. The first-order valence-electron chi connectivity index (χ1n) is 6.72. The zero-order chi connectivity index (χ0) is 13.7. The molecule has 2 N–H and O–H groups in total. The van der Waals surface area contributed by atoms with Gasteiger partial charge in [-0.05, 0) is 32.9 Å². The molecule has 1 aliphatic heterocycles. The van der Waals surface area contributed by atoms with Crippen LogP contribution in [0.4, 0.5) is 5.82 Å². The molecule has 1 aromatic rings. The summed E-state index contributed by atoms with van der Waals surface area (Å²) in [6.45, 7) is 5.05. The van der Waals surface area contributed by atoms with Crippen LogP contribution < -0.4 is 10.6 Å². The maximum absolute atomic E-state index is 11.9. The molecule has 1 unspecified atom stereocenters. The Labute approximate surface area is 113 Å². The number of carbonyl (C=O) groups is 1. The summed E-state index contributed by atoms with van der Waals surface area (Å²) in [6, 6.07) is 0.371. The monoisotopic (exact) mass is 263 g/mol. The van der Waals surface area contributed by atoms with Crippen LogP contribution in [0.15, 0.2) is 12.4 Å². The molecule has 1 aromatic heterocycles. The van der Waals surface area contributed by atoms with Crippen molar-refractivity contribution in [2.24, 2.45) is 0 Å². The second-order valence-electron chi connectivity index (χ2n) is 4.84. The summed E-state index contributed by atoms with van der Waals surface area (Å²) in [7, 11) is 1.77. The van der Waals surface area contributed by atoms with Crippen molar-refractivity contribution in [1.82, 2.24) is 20.2 Å². The summed E-state index contributed by atoms with van der Waals surface area (Å²) in [4.78, 5) is 22.5. The minimum absolute atomic E-state index is 0.166. The van der Waals surface area contributed by atoms with Gasteiger partial charge >= 0.3 is 0 Å². The highest BCUT2D eigenvalue weighted by molar-refractivity contribution is 5.92. The molecule has 6 heteroatoms. The van der Waals surface area contributed by atoms with Crippen LogP contribution in [0, 0.1) is 0 Å². The van der Waals surface area contributed by atoms with Gasteiger partial charge in [0.1, 0.15) is 11.5 Å². The largest absolute Gasteiger partial charge is 0.372 e. The average molecular weight is 263 g/mol. The van der Waals surface area contributed by atoms with E-state index in [1.165, 1.54) is 19.0 Å². The normalized spacial score (nSPS) is 17.2. The van der Waals surface area contributed by atoms with Gasteiger partial charge in [-0.25, -0.2) is 9.97 Å². The Morgan fingerprint density at radius 2 is 2.11 bits per heavy atom. The smallest absolute Gasteiger partial charge is 0.271 e. The Kier molecular flexibility index (Phi) is 4.68. The number of carbonyl (C=O) groups excluding carboxylic acids is 1. The lowest BCUT2D eigenvalue weighted by Gasteiger charge is -2.23. The van der Waals surface area contributed by atoms with Gasteiger partial charge in [0.2, 0.25) is 0 Å². The van der Waals surface area contributed by atoms with Crippen molar-refractivity contribution in [3.63, 3.8) is 0 Å². The highest BCUT2D eigenvalue weighted by Crippen LogP contribution is 2.10. The first-order valence-corrected chi connectivity index (χ1v) is 6.72. The van der Waals surface area contributed by atoms with E-state index in [0.717, 1.165) is 13.1 Å². The van der Waals surface area contributed by atoms with Crippen molar-refractivity contribution in [2.45, 2.75) is 25.8 Å². The molecular formula is C13H21N5O. The van der Waals surface area contributed by atoms with E-state index >= 15 is 0 Å². The Bertz CT molecular complexity index is 414. The van der Waals surface area contributed by atoms with Gasteiger partial charge < -0.3 is 10.6 Å². The van der Waals surface area contributed by atoms with Crippen LogP contribution in [0.25, 0.3) is 0 Å². The fourth-order valence-electron chi connectivity index (χ4n) is 2.22. The number of likely N-dealkylation sites (tertiary alicyclic amines) is 1. The van der Waals surface area contributed by atoms with Crippen LogP contribution in [-0.2, 0) is 0 Å². The van der Waals surface area contributed by atoms with Crippen molar-refractivity contribution < 1.29 is 4.79 Å². The molecule has 0 aliphatic carbocycles. The van der Waals surface area contributed by atoms with E-state index in [-0.39, 0.29) is 5.91 Å². The fraction of sp³-hybridized carbons (Fsp3) is 0.615. The zero-order valence-electron chi connectivity index (χ0n) is 11.5. The van der Waals surface area contributed by atoms with Crippen LogP contribution in [0.1, 0.15) is 30.3 Å². The number of rotatable bonds is 5. The molecule has 0 aromatic carbocycles. The lowest BCUT2D eigenvalue weighted by Crippen LogP contribution is -2.40. The Morgan fingerprint density at radius 1 is 1.37 bits per heavy atom. The molecule has 104 valence electrons. The number of hydrogen-bond acceptors (Lipinski definition) is 5. The van der Waals surface area contributed by atoms with E-state index < -0.39 is 0 Å². The second kappa shape index (κ2) is 6.47. The molecule has 1 aliphatic rings. The number of aromatic nitrogens is 2. The van der Waals surface area contributed by atoms with E-state index in [2.05, 4.69) is 32.4 Å². The van der Waals surface area contributed by atoms with Gasteiger partial charge in [0.05, 0.1) is 12.4 Å². The number of nitrogens with one attached hydrogen (secondary N) is 2. The van der Waals surface area contributed by atoms with Gasteiger partial charge in [0, 0.05) is 19.6 Å². The van der Waals surface area contributed by atoms with Gasteiger partial charge in [-0.1, -0.05) is 0 Å². The first kappa shape index (κ1) is 13.7. The van der Waals surface area contributed by atoms with E-state index in [9.17, 15) is 4.79 Å². The third kappa shape index (κ3) is 3.64. The Hall–Kier alpha value is -1.69. The highest BCUT2D eigenvalue weighted by Gasteiger charge is 2.18. The SMILES string of the molecule is CNc1cnc(C(=O)NCC(C)N2CCCC2)cn1. The Balaban J connectivity index is 1.82. The van der Waals surface area contributed by atoms with E-state index in [4.69, 9.17) is 0 Å². The molecule has 1 fully saturated rings. The minimum Gasteiger partial charge on any atom is -0.372 e. The number of hydrogen-bond donors (Lipinski definition) is 2. The average Bonchev–Trinajstić information content (AvgIpc) is 2.98. The summed E-state index contributed by atoms with van der Waals surface area (Å²) in [5.74, 6) is 0.489. The van der Waals surface area contributed by atoms with Crippen molar-refractivity contribution >= 4 is 11.7 Å². The molecule has 2 heterocycles. The maximum atomic E-state index is 11.9. The summed E-state index contributed by atoms with van der Waals surface area (Å²) >= 11 is 0. The van der Waals surface area contributed by atoms with Gasteiger partial charge in [0.25, 0.3) is 5.91 Å². The van der Waals surface area contributed by atoms with Crippen LogP contribution in [-0.4, -0.2) is 53.5 Å². The molecule has 6 nitrogen and oxygen atoms in total. The third-order valence-corrected chi connectivity index (χ3v) is 3.46. The fourth-order valence-corrected chi connectivity index (χ4v) is 2.22. The predicted octanol–water partition coefficient (Wildman–Crippen LogP) is 0.732. The van der Waals surface area contributed by atoms with Crippen LogP contribution in [0.3, 0.4) is 0 Å². The molecule has 0 saturated carbocycles.